The van der Waals surface area contributed by atoms with Crippen LogP contribution in [0.4, 0.5) is 0 Å². The zero-order valence-electron chi connectivity index (χ0n) is 13.5. The van der Waals surface area contributed by atoms with Crippen LogP contribution in [0.1, 0.15) is 25.8 Å². The lowest BCUT2D eigenvalue weighted by Crippen LogP contribution is -2.22. The normalized spacial score (nSPS) is 10.8. The molecule has 0 radical (unpaired) electrons. The number of benzene rings is 1. The first kappa shape index (κ1) is 17.2. The van der Waals surface area contributed by atoms with Crippen LogP contribution in [0, 0.1) is 6.92 Å². The average Bonchev–Trinajstić information content (AvgIpc) is 3.22. The van der Waals surface area contributed by atoms with E-state index in [0.717, 1.165) is 26.2 Å². The summed E-state index contributed by atoms with van der Waals surface area (Å²) in [7, 11) is 0. The first-order valence-corrected chi connectivity index (χ1v) is 10.6. The number of thiazole rings is 1. The van der Waals surface area contributed by atoms with Gasteiger partial charge >= 0.3 is 0 Å². The molecule has 3 rings (SSSR count). The highest BCUT2D eigenvalue weighted by Crippen LogP contribution is 2.28. The van der Waals surface area contributed by atoms with Crippen molar-refractivity contribution in [1.29, 1.82) is 0 Å². The van der Waals surface area contributed by atoms with Gasteiger partial charge in [-0.2, -0.15) is 11.8 Å². The summed E-state index contributed by atoms with van der Waals surface area (Å²) in [5.74, 6) is 0.931. The van der Waals surface area contributed by atoms with Crippen LogP contribution >= 0.6 is 34.4 Å². The third kappa shape index (κ3) is 4.26. The van der Waals surface area contributed by atoms with Crippen molar-refractivity contribution in [2.45, 2.75) is 19.2 Å². The Labute approximate surface area is 154 Å². The summed E-state index contributed by atoms with van der Waals surface area (Å²) in [6, 6.07) is 11.9. The Morgan fingerprint density at radius 2 is 2.00 bits per heavy atom. The van der Waals surface area contributed by atoms with Gasteiger partial charge in [-0.05, 0) is 43.0 Å². The predicted molar refractivity (Wildman–Crippen MR) is 105 cm³/mol. The van der Waals surface area contributed by atoms with Crippen LogP contribution in [0.2, 0.25) is 0 Å². The first-order chi connectivity index (χ1) is 11.7. The molecule has 3 aromatic rings. The topological polar surface area (TPSA) is 42.0 Å². The fraction of sp³-hybridized carbons (Fsp3) is 0.222. The van der Waals surface area contributed by atoms with Crippen molar-refractivity contribution >= 4 is 40.3 Å². The molecule has 3 nitrogen and oxygen atoms in total. The van der Waals surface area contributed by atoms with Crippen molar-refractivity contribution in [3.05, 3.63) is 62.8 Å². The lowest BCUT2D eigenvalue weighted by Gasteiger charge is -2.05. The fourth-order valence-corrected chi connectivity index (χ4v) is 4.40. The number of hydrogen-bond donors (Lipinski definition) is 1. The van der Waals surface area contributed by atoms with Crippen molar-refractivity contribution in [2.24, 2.45) is 0 Å². The second-order valence-corrected chi connectivity index (χ2v) is 8.43. The summed E-state index contributed by atoms with van der Waals surface area (Å²) in [5, 5.41) is 6.12. The summed E-state index contributed by atoms with van der Waals surface area (Å²) in [6.45, 7) is 2.55. The molecule has 0 spiro atoms. The van der Waals surface area contributed by atoms with Crippen molar-refractivity contribution in [1.82, 2.24) is 10.3 Å². The number of nitrogens with one attached hydrogen (secondary N) is 1. The van der Waals surface area contributed by atoms with E-state index in [1.54, 1.807) is 34.4 Å². The maximum absolute atomic E-state index is 12.2. The van der Waals surface area contributed by atoms with E-state index >= 15 is 0 Å². The zero-order chi connectivity index (χ0) is 16.9. The Balaban J connectivity index is 1.59. The fourth-order valence-electron chi connectivity index (χ4n) is 2.28. The summed E-state index contributed by atoms with van der Waals surface area (Å²) < 4.78 is 0. The SMILES string of the molecule is CSCc1ccc(C(=O)NCc2ccc(-c3csc(C)n3)s2)cc1. The second-order valence-electron chi connectivity index (χ2n) is 5.33. The standard InChI is InChI=1S/C18H18N2OS3/c1-12-20-16(11-23-12)17-8-7-15(24-17)9-19-18(21)14-5-3-13(4-6-14)10-22-2/h3-8,11H,9-10H2,1-2H3,(H,19,21). The Bertz CT molecular complexity index is 821. The lowest BCUT2D eigenvalue weighted by atomic mass is 10.1. The van der Waals surface area contributed by atoms with E-state index in [0.29, 0.717) is 12.1 Å². The molecule has 2 heterocycles. The molecule has 0 atom stereocenters. The highest BCUT2D eigenvalue weighted by atomic mass is 32.2. The molecular formula is C18H18N2OS3. The van der Waals surface area contributed by atoms with Crippen molar-refractivity contribution in [3.8, 4) is 10.6 Å². The summed E-state index contributed by atoms with van der Waals surface area (Å²) in [6.07, 6.45) is 2.07. The zero-order valence-corrected chi connectivity index (χ0v) is 16.0. The minimum absolute atomic E-state index is 0.0369. The van der Waals surface area contributed by atoms with Crippen LogP contribution in [0.15, 0.2) is 41.8 Å². The van der Waals surface area contributed by atoms with E-state index < -0.39 is 0 Å². The number of hydrogen-bond acceptors (Lipinski definition) is 5. The maximum atomic E-state index is 12.2. The predicted octanol–water partition coefficient (Wildman–Crippen LogP) is 4.97. The molecule has 2 aromatic heterocycles. The van der Waals surface area contributed by atoms with Gasteiger partial charge in [-0.1, -0.05) is 12.1 Å². The number of carbonyl (C=O) groups excluding carboxylic acids is 1. The molecule has 0 aliphatic rings. The largest absolute Gasteiger partial charge is 0.347 e. The number of aromatic nitrogens is 1. The molecule has 0 saturated heterocycles. The Hall–Kier alpha value is -1.63. The van der Waals surface area contributed by atoms with Gasteiger partial charge in [0.1, 0.15) is 0 Å². The van der Waals surface area contributed by atoms with Crippen LogP contribution in [0.25, 0.3) is 10.6 Å². The molecule has 0 aliphatic carbocycles. The van der Waals surface area contributed by atoms with E-state index in [1.165, 1.54) is 5.56 Å². The highest BCUT2D eigenvalue weighted by molar-refractivity contribution is 7.97. The van der Waals surface area contributed by atoms with E-state index in [9.17, 15) is 4.79 Å². The summed E-state index contributed by atoms with van der Waals surface area (Å²) in [5.41, 5.74) is 2.96. The highest BCUT2D eigenvalue weighted by Gasteiger charge is 2.09. The van der Waals surface area contributed by atoms with E-state index in [2.05, 4.69) is 34.1 Å². The van der Waals surface area contributed by atoms with Gasteiger partial charge in [0.2, 0.25) is 0 Å². The van der Waals surface area contributed by atoms with Crippen molar-refractivity contribution in [3.63, 3.8) is 0 Å². The minimum Gasteiger partial charge on any atom is -0.347 e. The van der Waals surface area contributed by atoms with Gasteiger partial charge in [-0.25, -0.2) is 4.98 Å². The van der Waals surface area contributed by atoms with Gasteiger partial charge in [0.05, 0.1) is 22.1 Å². The Morgan fingerprint density at radius 3 is 2.67 bits per heavy atom. The Morgan fingerprint density at radius 1 is 1.21 bits per heavy atom. The second kappa shape index (κ2) is 7.96. The molecule has 6 heteroatoms. The first-order valence-electron chi connectivity index (χ1n) is 7.53. The number of nitrogens with zero attached hydrogens (tertiary/aromatic N) is 1. The molecule has 24 heavy (non-hydrogen) atoms. The number of thioether (sulfide) groups is 1. The number of thiophene rings is 1. The smallest absolute Gasteiger partial charge is 0.251 e. The quantitative estimate of drug-likeness (QED) is 0.662. The van der Waals surface area contributed by atoms with Crippen LogP contribution in [-0.4, -0.2) is 17.1 Å². The maximum Gasteiger partial charge on any atom is 0.251 e. The molecule has 0 fully saturated rings. The van der Waals surface area contributed by atoms with Gasteiger partial charge in [0, 0.05) is 21.6 Å². The van der Waals surface area contributed by atoms with Crippen molar-refractivity contribution < 1.29 is 4.79 Å². The molecule has 1 amide bonds. The monoisotopic (exact) mass is 374 g/mol. The number of amides is 1. The van der Waals surface area contributed by atoms with Gasteiger partial charge < -0.3 is 5.32 Å². The van der Waals surface area contributed by atoms with E-state index in [1.807, 2.05) is 31.2 Å². The molecule has 0 unspecified atom stereocenters. The minimum atomic E-state index is -0.0369. The van der Waals surface area contributed by atoms with Crippen LogP contribution in [-0.2, 0) is 12.3 Å². The molecule has 124 valence electrons. The summed E-state index contributed by atoms with van der Waals surface area (Å²) >= 11 is 5.10. The Kier molecular flexibility index (Phi) is 5.71. The average molecular weight is 375 g/mol. The number of rotatable bonds is 6. The third-order valence-corrected chi connectivity index (χ3v) is 5.99. The van der Waals surface area contributed by atoms with Crippen LogP contribution in [0.5, 0.6) is 0 Å². The van der Waals surface area contributed by atoms with Gasteiger partial charge in [-0.15, -0.1) is 22.7 Å². The molecule has 1 N–H and O–H groups in total. The van der Waals surface area contributed by atoms with Crippen LogP contribution < -0.4 is 5.32 Å². The molecule has 0 bridgehead atoms. The molecule has 0 saturated carbocycles. The molecular weight excluding hydrogens is 356 g/mol. The number of carbonyl (C=O) groups is 1. The van der Waals surface area contributed by atoms with E-state index in [-0.39, 0.29) is 5.91 Å². The van der Waals surface area contributed by atoms with Crippen LogP contribution in [0.3, 0.4) is 0 Å². The van der Waals surface area contributed by atoms with Gasteiger partial charge in [-0.3, -0.25) is 4.79 Å². The third-order valence-electron chi connectivity index (χ3n) is 3.48. The van der Waals surface area contributed by atoms with Crippen molar-refractivity contribution in [2.75, 3.05) is 6.26 Å². The lowest BCUT2D eigenvalue weighted by molar-refractivity contribution is 0.0951. The summed E-state index contributed by atoms with van der Waals surface area (Å²) in [4.78, 5) is 19.0. The molecule has 1 aromatic carbocycles. The van der Waals surface area contributed by atoms with Gasteiger partial charge in [0.15, 0.2) is 0 Å². The molecule has 0 aliphatic heterocycles. The number of aryl methyl sites for hydroxylation is 1. The van der Waals surface area contributed by atoms with E-state index in [4.69, 9.17) is 0 Å². The van der Waals surface area contributed by atoms with Gasteiger partial charge in [0.25, 0.3) is 5.91 Å².